The Hall–Kier alpha value is -3.97. The summed E-state index contributed by atoms with van der Waals surface area (Å²) in [5.41, 5.74) is 3.38. The van der Waals surface area contributed by atoms with Gasteiger partial charge in [0.05, 0.1) is 18.2 Å². The number of likely N-dealkylation sites (tertiary alicyclic amines) is 1. The number of ether oxygens (including phenoxy) is 2. The second-order valence-electron chi connectivity index (χ2n) is 8.01. The third-order valence-corrected chi connectivity index (χ3v) is 5.88. The topological polar surface area (TPSA) is 89.0 Å². The number of ketones is 1. The first kappa shape index (κ1) is 23.2. The number of benzene rings is 2. The molecule has 1 amide bonds. The van der Waals surface area contributed by atoms with Crippen LogP contribution < -0.4 is 4.74 Å². The minimum atomic E-state index is -0.727. The number of carbonyl (C=O) groups excluding carboxylic acids is 2. The van der Waals surface area contributed by atoms with Crippen molar-refractivity contribution in [3.8, 4) is 5.75 Å². The third-order valence-electron chi connectivity index (χ3n) is 5.88. The summed E-state index contributed by atoms with van der Waals surface area (Å²) in [6.07, 6.45) is 3.18. The molecule has 3 aromatic rings. The molecule has 1 fully saturated rings. The van der Waals surface area contributed by atoms with Crippen LogP contribution in [0.25, 0.3) is 5.76 Å². The number of rotatable bonds is 8. The van der Waals surface area contributed by atoms with E-state index in [1.54, 1.807) is 48.8 Å². The van der Waals surface area contributed by atoms with Crippen molar-refractivity contribution in [3.63, 3.8) is 0 Å². The van der Waals surface area contributed by atoms with E-state index in [-0.39, 0.29) is 24.5 Å². The zero-order chi connectivity index (χ0) is 24.1. The maximum absolute atomic E-state index is 12.9. The Morgan fingerprint density at radius 1 is 1.03 bits per heavy atom. The summed E-state index contributed by atoms with van der Waals surface area (Å²) in [4.78, 5) is 31.2. The molecule has 4 rings (SSSR count). The van der Waals surface area contributed by atoms with E-state index >= 15 is 0 Å². The van der Waals surface area contributed by atoms with Crippen LogP contribution in [-0.4, -0.2) is 46.9 Å². The molecule has 1 saturated heterocycles. The van der Waals surface area contributed by atoms with Crippen molar-refractivity contribution in [1.82, 2.24) is 9.88 Å². The molecule has 7 nitrogen and oxygen atoms in total. The number of hydrogen-bond donors (Lipinski definition) is 1. The summed E-state index contributed by atoms with van der Waals surface area (Å²) in [7, 11) is 1.53. The van der Waals surface area contributed by atoms with Crippen LogP contribution in [0, 0.1) is 6.92 Å². The van der Waals surface area contributed by atoms with Crippen LogP contribution in [0.3, 0.4) is 0 Å². The van der Waals surface area contributed by atoms with Gasteiger partial charge in [0.1, 0.15) is 18.1 Å². The number of Topliss-reactive ketones (excluding diaryl/α,β-unsaturated/α-hetero) is 1. The zero-order valence-corrected chi connectivity index (χ0v) is 19.1. The average Bonchev–Trinajstić information content (AvgIpc) is 3.12. The molecule has 0 bridgehead atoms. The average molecular weight is 459 g/mol. The van der Waals surface area contributed by atoms with Crippen LogP contribution in [0.1, 0.15) is 28.3 Å². The van der Waals surface area contributed by atoms with Gasteiger partial charge >= 0.3 is 0 Å². The first-order valence-electron chi connectivity index (χ1n) is 11.0. The van der Waals surface area contributed by atoms with E-state index < -0.39 is 17.7 Å². The van der Waals surface area contributed by atoms with Gasteiger partial charge in [-0.3, -0.25) is 14.6 Å². The maximum Gasteiger partial charge on any atom is 0.295 e. The molecule has 0 radical (unpaired) electrons. The molecule has 34 heavy (non-hydrogen) atoms. The first-order valence-corrected chi connectivity index (χ1v) is 11.0. The predicted molar refractivity (Wildman–Crippen MR) is 127 cm³/mol. The molecule has 2 heterocycles. The number of carbonyl (C=O) groups is 2. The van der Waals surface area contributed by atoms with Crippen molar-refractivity contribution in [1.29, 1.82) is 0 Å². The SMILES string of the molecule is COCCN1C(=O)C(=O)C(=C(O)c2ccc(OCc3ccccc3C)cc2)[C@@H]1c1ccncc1. The van der Waals surface area contributed by atoms with Gasteiger partial charge in [-0.2, -0.15) is 0 Å². The number of amides is 1. The summed E-state index contributed by atoms with van der Waals surface area (Å²) >= 11 is 0. The van der Waals surface area contributed by atoms with Crippen molar-refractivity contribution in [3.05, 3.63) is 101 Å². The lowest BCUT2D eigenvalue weighted by Gasteiger charge is -2.24. The summed E-state index contributed by atoms with van der Waals surface area (Å²) in [6, 6.07) is 17.5. The second kappa shape index (κ2) is 10.3. The van der Waals surface area contributed by atoms with Gasteiger partial charge in [0, 0.05) is 31.6 Å². The number of aliphatic hydroxyl groups is 1. The molecule has 1 atom stereocenters. The molecule has 0 saturated carbocycles. The normalized spacial score (nSPS) is 17.2. The number of methoxy groups -OCH3 is 1. The lowest BCUT2D eigenvalue weighted by molar-refractivity contribution is -0.140. The molecule has 1 aromatic heterocycles. The molecule has 0 unspecified atom stereocenters. The van der Waals surface area contributed by atoms with Crippen LogP contribution in [0.15, 0.2) is 78.6 Å². The first-order chi connectivity index (χ1) is 16.5. The van der Waals surface area contributed by atoms with Crippen molar-refractivity contribution >= 4 is 17.4 Å². The van der Waals surface area contributed by atoms with E-state index in [1.165, 1.54) is 12.0 Å². The fourth-order valence-electron chi connectivity index (χ4n) is 3.99. The summed E-state index contributed by atoms with van der Waals surface area (Å²) in [6.45, 7) is 2.93. The third kappa shape index (κ3) is 4.70. The van der Waals surface area contributed by atoms with Crippen molar-refractivity contribution < 1.29 is 24.2 Å². The highest BCUT2D eigenvalue weighted by Crippen LogP contribution is 2.39. The maximum atomic E-state index is 12.9. The van der Waals surface area contributed by atoms with Gasteiger partial charge in [0.25, 0.3) is 11.7 Å². The summed E-state index contributed by atoms with van der Waals surface area (Å²) < 4.78 is 11.0. The van der Waals surface area contributed by atoms with Gasteiger partial charge in [-0.05, 0) is 60.0 Å². The minimum absolute atomic E-state index is 0.0425. The van der Waals surface area contributed by atoms with E-state index in [2.05, 4.69) is 4.98 Å². The minimum Gasteiger partial charge on any atom is -0.507 e. The lowest BCUT2D eigenvalue weighted by Crippen LogP contribution is -2.32. The van der Waals surface area contributed by atoms with Crippen molar-refractivity contribution in [2.75, 3.05) is 20.3 Å². The van der Waals surface area contributed by atoms with E-state index in [9.17, 15) is 14.7 Å². The number of hydrogen-bond acceptors (Lipinski definition) is 6. The number of pyridine rings is 1. The Balaban J connectivity index is 1.63. The van der Waals surface area contributed by atoms with Gasteiger partial charge in [-0.1, -0.05) is 24.3 Å². The highest BCUT2D eigenvalue weighted by atomic mass is 16.5. The largest absolute Gasteiger partial charge is 0.507 e. The Kier molecular flexibility index (Phi) is 7.04. The number of nitrogens with zero attached hydrogens (tertiary/aromatic N) is 2. The molecule has 1 N–H and O–H groups in total. The molecule has 0 aliphatic carbocycles. The zero-order valence-electron chi connectivity index (χ0n) is 19.1. The van der Waals surface area contributed by atoms with E-state index in [4.69, 9.17) is 9.47 Å². The molecule has 1 aliphatic rings. The van der Waals surface area contributed by atoms with Crippen LogP contribution in [-0.2, 0) is 20.9 Å². The Morgan fingerprint density at radius 2 is 1.74 bits per heavy atom. The van der Waals surface area contributed by atoms with E-state index in [0.717, 1.165) is 11.1 Å². The van der Waals surface area contributed by atoms with Crippen molar-refractivity contribution in [2.24, 2.45) is 0 Å². The molecule has 0 spiro atoms. The molecule has 2 aromatic carbocycles. The summed E-state index contributed by atoms with van der Waals surface area (Å²) in [5.74, 6) is -0.995. The second-order valence-corrected chi connectivity index (χ2v) is 8.01. The van der Waals surface area contributed by atoms with Crippen molar-refractivity contribution in [2.45, 2.75) is 19.6 Å². The van der Waals surface area contributed by atoms with E-state index in [0.29, 0.717) is 23.5 Å². The van der Waals surface area contributed by atoms with Gasteiger partial charge < -0.3 is 19.5 Å². The molecular formula is C27H26N2O5. The van der Waals surface area contributed by atoms with Gasteiger partial charge in [0.2, 0.25) is 0 Å². The fourth-order valence-corrected chi connectivity index (χ4v) is 3.99. The van der Waals surface area contributed by atoms with Crippen LogP contribution >= 0.6 is 0 Å². The van der Waals surface area contributed by atoms with Crippen LogP contribution in [0.2, 0.25) is 0 Å². The van der Waals surface area contributed by atoms with E-state index in [1.807, 2.05) is 31.2 Å². The summed E-state index contributed by atoms with van der Waals surface area (Å²) in [5, 5.41) is 11.1. The van der Waals surface area contributed by atoms with Crippen LogP contribution in [0.4, 0.5) is 0 Å². The predicted octanol–water partition coefficient (Wildman–Crippen LogP) is 4.04. The van der Waals surface area contributed by atoms with Gasteiger partial charge in [-0.25, -0.2) is 0 Å². The molecule has 174 valence electrons. The lowest BCUT2D eigenvalue weighted by atomic mass is 9.96. The standard InChI is InChI=1S/C27H26N2O5/c1-18-5-3-4-6-21(18)17-34-22-9-7-20(8-10-22)25(30)23-24(19-11-13-28-14-12-19)29(15-16-33-2)27(32)26(23)31/h3-14,24,30H,15-17H2,1-2H3/t24-/m0/s1. The number of aliphatic hydroxyl groups excluding tert-OH is 1. The highest BCUT2D eigenvalue weighted by Gasteiger charge is 2.45. The van der Waals surface area contributed by atoms with Crippen LogP contribution in [0.5, 0.6) is 5.75 Å². The molecule has 7 heteroatoms. The number of aromatic nitrogens is 1. The Morgan fingerprint density at radius 3 is 2.41 bits per heavy atom. The monoisotopic (exact) mass is 458 g/mol. The fraction of sp³-hybridized carbons (Fsp3) is 0.222. The quantitative estimate of drug-likeness (QED) is 0.311. The van der Waals surface area contributed by atoms with Gasteiger partial charge in [0.15, 0.2) is 0 Å². The number of aryl methyl sites for hydroxylation is 1. The highest BCUT2D eigenvalue weighted by molar-refractivity contribution is 6.46. The Bertz CT molecular complexity index is 1210. The smallest absolute Gasteiger partial charge is 0.295 e. The molecular weight excluding hydrogens is 432 g/mol. The van der Waals surface area contributed by atoms with Gasteiger partial charge in [-0.15, -0.1) is 0 Å². The molecule has 1 aliphatic heterocycles. The Labute approximate surface area is 198 Å².